The molecule has 1 fully saturated rings. The van der Waals surface area contributed by atoms with E-state index < -0.39 is 17.6 Å². The second-order valence-electron chi connectivity index (χ2n) is 9.60. The summed E-state index contributed by atoms with van der Waals surface area (Å²) in [5.74, 6) is 5.16. The fraction of sp³-hybridized carbons (Fsp3) is 0.276. The molecule has 1 aliphatic heterocycles. The third-order valence-corrected chi connectivity index (χ3v) is 6.94. The van der Waals surface area contributed by atoms with Gasteiger partial charge in [-0.15, -0.1) is 5.92 Å². The minimum atomic E-state index is -4.81. The predicted molar refractivity (Wildman–Crippen MR) is 147 cm³/mol. The first-order valence-corrected chi connectivity index (χ1v) is 12.8. The molecule has 1 atom stereocenters. The highest BCUT2D eigenvalue weighted by Crippen LogP contribution is 2.40. The van der Waals surface area contributed by atoms with Crippen LogP contribution in [0.15, 0.2) is 48.8 Å². The molecule has 1 aromatic carbocycles. The van der Waals surface area contributed by atoms with Gasteiger partial charge in [-0.25, -0.2) is 15.0 Å². The van der Waals surface area contributed by atoms with Crippen molar-refractivity contribution in [3.8, 4) is 29.3 Å². The Morgan fingerprint density at radius 1 is 1.20 bits per heavy atom. The summed E-state index contributed by atoms with van der Waals surface area (Å²) in [6.45, 7) is 3.93. The smallest absolute Gasteiger partial charge is 0.369 e. The number of hydrogen-bond donors (Lipinski definition) is 2. The Labute approximate surface area is 233 Å². The van der Waals surface area contributed by atoms with Crippen molar-refractivity contribution in [3.05, 3.63) is 71.2 Å². The normalized spacial score (nSPS) is 15.6. The first-order valence-electron chi connectivity index (χ1n) is 12.8. The Bertz CT molecular complexity index is 1730. The second-order valence-corrected chi connectivity index (χ2v) is 9.60. The standard InChI is InChI=1S/C29H25F3N8O/c1-2-3-12-39-13-4-5-20(17-39)25-23-9-11-36-28(34)40(23)26(38-25)21-7-6-19(15-22(21)29(30,31)32)27(41)37-24-14-18(16-33)8-10-35-24/h6-11,14-15,20H,4-5,12-13,17H2,1H3,(H2,34,36)(H,35,37,41). The SMILES string of the molecule is CC#CCN1CCCC(c2nc(-c3ccc(C(=O)Nc4cc(C#N)ccn4)cc3C(F)(F)F)n3c(N)nccc23)C1. The highest BCUT2D eigenvalue weighted by Gasteiger charge is 2.37. The monoisotopic (exact) mass is 558 g/mol. The van der Waals surface area contributed by atoms with E-state index in [-0.39, 0.29) is 40.2 Å². The lowest BCUT2D eigenvalue weighted by Gasteiger charge is -2.30. The van der Waals surface area contributed by atoms with Gasteiger partial charge in [0.2, 0.25) is 5.95 Å². The molecule has 1 aliphatic rings. The van der Waals surface area contributed by atoms with E-state index in [2.05, 4.69) is 32.0 Å². The van der Waals surface area contributed by atoms with Crippen LogP contribution in [0.1, 0.15) is 52.9 Å². The van der Waals surface area contributed by atoms with Gasteiger partial charge in [-0.05, 0) is 62.7 Å². The first-order chi connectivity index (χ1) is 19.7. The number of anilines is 2. The number of likely N-dealkylation sites (tertiary alicyclic amines) is 1. The number of nitrogens with one attached hydrogen (secondary N) is 1. The van der Waals surface area contributed by atoms with Gasteiger partial charge in [0.25, 0.3) is 5.91 Å². The number of pyridine rings is 1. The van der Waals surface area contributed by atoms with Crippen molar-refractivity contribution in [2.75, 3.05) is 30.7 Å². The Kier molecular flexibility index (Phi) is 7.60. The summed E-state index contributed by atoms with van der Waals surface area (Å²) in [7, 11) is 0. The van der Waals surface area contributed by atoms with Gasteiger partial charge >= 0.3 is 6.18 Å². The zero-order valence-corrected chi connectivity index (χ0v) is 22.0. The number of aromatic nitrogens is 4. The zero-order chi connectivity index (χ0) is 29.1. The molecule has 3 N–H and O–H groups in total. The number of halogens is 3. The molecule has 12 heteroatoms. The molecule has 1 saturated heterocycles. The number of nitrogens with two attached hydrogens (primary N) is 1. The van der Waals surface area contributed by atoms with E-state index in [0.717, 1.165) is 25.5 Å². The van der Waals surface area contributed by atoms with Crippen LogP contribution in [0.4, 0.5) is 24.9 Å². The molecule has 5 rings (SSSR count). The lowest BCUT2D eigenvalue weighted by atomic mass is 9.94. The number of rotatable bonds is 5. The number of fused-ring (bicyclic) bond motifs is 1. The number of carbonyl (C=O) groups is 1. The number of piperidine rings is 1. The third kappa shape index (κ3) is 5.69. The largest absolute Gasteiger partial charge is 0.417 e. The average Bonchev–Trinajstić information content (AvgIpc) is 3.36. The Morgan fingerprint density at radius 2 is 2.00 bits per heavy atom. The maximum atomic E-state index is 14.5. The van der Waals surface area contributed by atoms with Crippen LogP contribution in [0.25, 0.3) is 16.9 Å². The van der Waals surface area contributed by atoms with E-state index >= 15 is 0 Å². The van der Waals surface area contributed by atoms with Crippen LogP contribution in [-0.4, -0.2) is 49.8 Å². The number of alkyl halides is 3. The van der Waals surface area contributed by atoms with E-state index in [1.54, 1.807) is 13.0 Å². The molecule has 9 nitrogen and oxygen atoms in total. The summed E-state index contributed by atoms with van der Waals surface area (Å²) >= 11 is 0. The number of hydrogen-bond acceptors (Lipinski definition) is 7. The van der Waals surface area contributed by atoms with Crippen LogP contribution in [0, 0.1) is 23.2 Å². The van der Waals surface area contributed by atoms with E-state index in [1.165, 1.54) is 41.1 Å². The Hall–Kier alpha value is -4.94. The van der Waals surface area contributed by atoms with Crippen molar-refractivity contribution in [1.82, 2.24) is 24.3 Å². The second kappa shape index (κ2) is 11.3. The third-order valence-electron chi connectivity index (χ3n) is 6.94. The molecule has 1 unspecified atom stereocenters. The van der Waals surface area contributed by atoms with E-state index in [0.29, 0.717) is 24.3 Å². The van der Waals surface area contributed by atoms with Crippen LogP contribution in [0.2, 0.25) is 0 Å². The van der Waals surface area contributed by atoms with Gasteiger partial charge in [-0.3, -0.25) is 14.1 Å². The van der Waals surface area contributed by atoms with Gasteiger partial charge in [0.15, 0.2) is 0 Å². The lowest BCUT2D eigenvalue weighted by Crippen LogP contribution is -2.34. The van der Waals surface area contributed by atoms with Gasteiger partial charge in [-0.2, -0.15) is 18.4 Å². The summed E-state index contributed by atoms with van der Waals surface area (Å²) in [4.78, 5) is 27.8. The van der Waals surface area contributed by atoms with Crippen molar-refractivity contribution >= 4 is 23.2 Å². The maximum Gasteiger partial charge on any atom is 0.417 e. The quantitative estimate of drug-likeness (QED) is 0.340. The number of imidazole rings is 1. The molecule has 0 bridgehead atoms. The molecule has 0 saturated carbocycles. The van der Waals surface area contributed by atoms with Crippen molar-refractivity contribution < 1.29 is 18.0 Å². The van der Waals surface area contributed by atoms with Gasteiger partial charge < -0.3 is 11.1 Å². The van der Waals surface area contributed by atoms with Crippen LogP contribution in [0.3, 0.4) is 0 Å². The van der Waals surface area contributed by atoms with Crippen LogP contribution in [0.5, 0.6) is 0 Å². The van der Waals surface area contributed by atoms with Crippen molar-refractivity contribution in [1.29, 1.82) is 5.26 Å². The number of nitrogens with zero attached hydrogens (tertiary/aromatic N) is 6. The summed E-state index contributed by atoms with van der Waals surface area (Å²) in [5.41, 5.74) is 6.13. The molecule has 0 spiro atoms. The summed E-state index contributed by atoms with van der Waals surface area (Å²) in [5, 5.41) is 11.5. The molecule has 3 aromatic heterocycles. The van der Waals surface area contributed by atoms with Crippen LogP contribution >= 0.6 is 0 Å². The van der Waals surface area contributed by atoms with Crippen LogP contribution < -0.4 is 11.1 Å². The number of benzene rings is 1. The van der Waals surface area contributed by atoms with Crippen molar-refractivity contribution in [2.24, 2.45) is 0 Å². The molecule has 1 amide bonds. The van der Waals surface area contributed by atoms with Crippen LogP contribution in [-0.2, 0) is 6.18 Å². The topological polar surface area (TPSA) is 125 Å². The van der Waals surface area contributed by atoms with Crippen molar-refractivity contribution in [2.45, 2.75) is 31.9 Å². The zero-order valence-electron chi connectivity index (χ0n) is 22.0. The number of nitrogen functional groups attached to an aromatic ring is 1. The average molecular weight is 559 g/mol. The number of nitriles is 1. The van der Waals surface area contributed by atoms with Gasteiger partial charge in [0.05, 0.1) is 35.0 Å². The predicted octanol–water partition coefficient (Wildman–Crippen LogP) is 4.72. The maximum absolute atomic E-state index is 14.5. The summed E-state index contributed by atoms with van der Waals surface area (Å²) in [6.07, 6.45) is -0.268. The molecular weight excluding hydrogens is 533 g/mol. The number of carbonyl (C=O) groups excluding carboxylic acids is 1. The molecular formula is C29H25F3N8O. The minimum Gasteiger partial charge on any atom is -0.369 e. The summed E-state index contributed by atoms with van der Waals surface area (Å²) < 4.78 is 44.8. The lowest BCUT2D eigenvalue weighted by molar-refractivity contribution is -0.137. The highest BCUT2D eigenvalue weighted by molar-refractivity contribution is 6.04. The first kappa shape index (κ1) is 27.6. The Morgan fingerprint density at radius 3 is 2.76 bits per heavy atom. The van der Waals surface area contributed by atoms with Gasteiger partial charge in [0.1, 0.15) is 11.6 Å². The van der Waals surface area contributed by atoms with E-state index in [4.69, 9.17) is 16.0 Å². The highest BCUT2D eigenvalue weighted by atomic mass is 19.4. The molecule has 41 heavy (non-hydrogen) atoms. The Balaban J connectivity index is 1.57. The molecule has 4 heterocycles. The molecule has 4 aromatic rings. The van der Waals surface area contributed by atoms with Crippen molar-refractivity contribution in [3.63, 3.8) is 0 Å². The van der Waals surface area contributed by atoms with E-state index in [9.17, 15) is 18.0 Å². The molecule has 0 aliphatic carbocycles. The summed E-state index contributed by atoms with van der Waals surface area (Å²) in [6, 6.07) is 9.66. The number of amides is 1. The molecule has 0 radical (unpaired) electrons. The van der Waals surface area contributed by atoms with Gasteiger partial charge in [-0.1, -0.05) is 5.92 Å². The molecule has 208 valence electrons. The fourth-order valence-electron chi connectivity index (χ4n) is 5.05. The van der Waals surface area contributed by atoms with Gasteiger partial charge in [0, 0.05) is 36.0 Å². The minimum absolute atomic E-state index is 0.000779. The van der Waals surface area contributed by atoms with E-state index in [1.807, 2.05) is 6.07 Å². The fourth-order valence-corrected chi connectivity index (χ4v) is 5.05.